The number of thiophene rings is 1. The van der Waals surface area contributed by atoms with Crippen LogP contribution in [0.25, 0.3) is 0 Å². The van der Waals surface area contributed by atoms with E-state index in [0.717, 1.165) is 5.69 Å². The summed E-state index contributed by atoms with van der Waals surface area (Å²) >= 11 is 12.9. The van der Waals surface area contributed by atoms with Crippen molar-refractivity contribution >= 4 is 40.3 Å². The summed E-state index contributed by atoms with van der Waals surface area (Å²) in [6.45, 7) is 1.86. The molecule has 0 aliphatic rings. The van der Waals surface area contributed by atoms with Gasteiger partial charge in [0.2, 0.25) is 0 Å². The minimum Gasteiger partial charge on any atom is -0.288 e. The van der Waals surface area contributed by atoms with Crippen LogP contribution in [0.2, 0.25) is 8.67 Å². The Balaban J connectivity index is 2.39. The molecule has 5 heteroatoms. The maximum absolute atomic E-state index is 12.0. The van der Waals surface area contributed by atoms with Crippen LogP contribution in [0.1, 0.15) is 21.6 Å². The quantitative estimate of drug-likeness (QED) is 0.774. The Kier molecular flexibility index (Phi) is 3.28. The first-order valence-electron chi connectivity index (χ1n) is 4.50. The number of rotatable bonds is 2. The molecule has 2 aromatic heterocycles. The van der Waals surface area contributed by atoms with E-state index >= 15 is 0 Å². The molecule has 0 spiro atoms. The van der Waals surface area contributed by atoms with Crippen molar-refractivity contribution in [1.82, 2.24) is 4.98 Å². The predicted molar refractivity (Wildman–Crippen MR) is 66.7 cm³/mol. The number of halogens is 2. The molecule has 0 N–H and O–H groups in total. The lowest BCUT2D eigenvalue weighted by molar-refractivity contribution is 0.103. The number of aromatic nitrogens is 1. The number of hydrogen-bond donors (Lipinski definition) is 0. The van der Waals surface area contributed by atoms with Crippen LogP contribution in [0.5, 0.6) is 0 Å². The van der Waals surface area contributed by atoms with E-state index in [1.165, 1.54) is 11.3 Å². The molecular formula is C11H7Cl2NOS. The highest BCUT2D eigenvalue weighted by Gasteiger charge is 2.16. The fourth-order valence-corrected chi connectivity index (χ4v) is 2.71. The fourth-order valence-electron chi connectivity index (χ4n) is 1.25. The van der Waals surface area contributed by atoms with Crippen LogP contribution < -0.4 is 0 Å². The highest BCUT2D eigenvalue weighted by molar-refractivity contribution is 7.20. The summed E-state index contributed by atoms with van der Waals surface area (Å²) in [5.41, 5.74) is 1.82. The lowest BCUT2D eigenvalue weighted by Gasteiger charge is -1.99. The minimum atomic E-state index is -0.152. The Hall–Kier alpha value is -0.900. The van der Waals surface area contributed by atoms with Gasteiger partial charge in [-0.1, -0.05) is 23.2 Å². The number of hydrogen-bond acceptors (Lipinski definition) is 3. The smallest absolute Gasteiger partial charge is 0.196 e. The third kappa shape index (κ3) is 2.26. The van der Waals surface area contributed by atoms with E-state index < -0.39 is 0 Å². The number of carbonyl (C=O) groups excluding carboxylic acids is 1. The molecule has 0 radical (unpaired) electrons. The highest BCUT2D eigenvalue weighted by Crippen LogP contribution is 2.32. The molecule has 2 aromatic rings. The average molecular weight is 272 g/mol. The SMILES string of the molecule is Cc1ccc(C(=O)c2cc(Cl)sc2Cl)cn1. The Morgan fingerprint density at radius 3 is 2.62 bits per heavy atom. The van der Waals surface area contributed by atoms with Crippen molar-refractivity contribution in [2.75, 3.05) is 0 Å². The molecule has 0 saturated carbocycles. The molecule has 0 aliphatic heterocycles. The summed E-state index contributed by atoms with van der Waals surface area (Å²) in [4.78, 5) is 16.1. The lowest BCUT2D eigenvalue weighted by Crippen LogP contribution is -2.01. The van der Waals surface area contributed by atoms with Gasteiger partial charge in [-0.2, -0.15) is 0 Å². The molecule has 0 amide bonds. The Morgan fingerprint density at radius 2 is 2.12 bits per heavy atom. The zero-order valence-corrected chi connectivity index (χ0v) is 10.7. The lowest BCUT2D eigenvalue weighted by atomic mass is 10.1. The van der Waals surface area contributed by atoms with Gasteiger partial charge >= 0.3 is 0 Å². The number of aryl methyl sites for hydroxylation is 1. The summed E-state index contributed by atoms with van der Waals surface area (Å²) in [6.07, 6.45) is 1.54. The summed E-state index contributed by atoms with van der Waals surface area (Å²) in [5, 5.41) is 0. The molecule has 16 heavy (non-hydrogen) atoms. The van der Waals surface area contributed by atoms with Crippen molar-refractivity contribution in [3.8, 4) is 0 Å². The molecule has 0 unspecified atom stereocenters. The minimum absolute atomic E-state index is 0.152. The van der Waals surface area contributed by atoms with Crippen molar-refractivity contribution in [1.29, 1.82) is 0 Å². The number of pyridine rings is 1. The van der Waals surface area contributed by atoms with Gasteiger partial charge in [0.1, 0.15) is 4.34 Å². The number of ketones is 1. The van der Waals surface area contributed by atoms with E-state index in [-0.39, 0.29) is 5.78 Å². The van der Waals surface area contributed by atoms with Gasteiger partial charge in [-0.3, -0.25) is 9.78 Å². The molecular weight excluding hydrogens is 265 g/mol. The molecule has 2 rings (SSSR count). The van der Waals surface area contributed by atoms with Gasteiger partial charge in [-0.15, -0.1) is 11.3 Å². The molecule has 0 bridgehead atoms. The monoisotopic (exact) mass is 271 g/mol. The van der Waals surface area contributed by atoms with Gasteiger partial charge < -0.3 is 0 Å². The Labute approximate surface area is 107 Å². The van der Waals surface area contributed by atoms with Crippen LogP contribution in [-0.4, -0.2) is 10.8 Å². The number of carbonyl (C=O) groups is 1. The molecule has 82 valence electrons. The van der Waals surface area contributed by atoms with Gasteiger partial charge in [-0.05, 0) is 25.1 Å². The number of nitrogens with zero attached hydrogens (tertiary/aromatic N) is 1. The highest BCUT2D eigenvalue weighted by atomic mass is 35.5. The Bertz CT molecular complexity index is 533. The summed E-state index contributed by atoms with van der Waals surface area (Å²) in [7, 11) is 0. The molecule has 0 fully saturated rings. The zero-order valence-electron chi connectivity index (χ0n) is 8.33. The van der Waals surface area contributed by atoms with Crippen molar-refractivity contribution in [2.24, 2.45) is 0 Å². The normalized spacial score (nSPS) is 10.4. The van der Waals surface area contributed by atoms with Crippen molar-refractivity contribution in [2.45, 2.75) is 6.92 Å². The second-order valence-corrected chi connectivity index (χ2v) is 5.54. The van der Waals surface area contributed by atoms with E-state index in [1.54, 1.807) is 24.4 Å². The van der Waals surface area contributed by atoms with E-state index in [4.69, 9.17) is 23.2 Å². The van der Waals surface area contributed by atoms with Crippen molar-refractivity contribution in [3.05, 3.63) is 49.9 Å². The zero-order chi connectivity index (χ0) is 11.7. The van der Waals surface area contributed by atoms with Crippen LogP contribution in [0.4, 0.5) is 0 Å². The molecule has 2 nitrogen and oxygen atoms in total. The van der Waals surface area contributed by atoms with Gasteiger partial charge in [0.15, 0.2) is 5.78 Å². The Morgan fingerprint density at radius 1 is 1.38 bits per heavy atom. The van der Waals surface area contributed by atoms with E-state index in [2.05, 4.69) is 4.98 Å². The maximum atomic E-state index is 12.0. The second kappa shape index (κ2) is 4.53. The third-order valence-corrected chi connectivity index (χ3v) is 3.56. The molecule has 2 heterocycles. The van der Waals surface area contributed by atoms with Crippen molar-refractivity contribution < 1.29 is 4.79 Å². The summed E-state index contributed by atoms with van der Waals surface area (Å²) in [6, 6.07) is 5.10. The van der Waals surface area contributed by atoms with Crippen LogP contribution in [0, 0.1) is 6.92 Å². The van der Waals surface area contributed by atoms with Crippen LogP contribution in [0.15, 0.2) is 24.4 Å². The fraction of sp³-hybridized carbons (Fsp3) is 0.0909. The third-order valence-electron chi connectivity index (χ3n) is 2.07. The summed E-state index contributed by atoms with van der Waals surface area (Å²) in [5.74, 6) is -0.152. The van der Waals surface area contributed by atoms with Crippen LogP contribution >= 0.6 is 34.5 Å². The molecule has 0 saturated heterocycles. The average Bonchev–Trinajstić information content (AvgIpc) is 2.58. The first-order valence-corrected chi connectivity index (χ1v) is 6.07. The standard InChI is InChI=1S/C11H7Cl2NOS/c1-6-2-3-7(5-14-6)10(15)8-4-9(12)16-11(8)13/h2-5H,1H3. The largest absolute Gasteiger partial charge is 0.288 e. The van der Waals surface area contributed by atoms with Crippen LogP contribution in [-0.2, 0) is 0 Å². The van der Waals surface area contributed by atoms with Gasteiger partial charge in [0.25, 0.3) is 0 Å². The first-order chi connectivity index (χ1) is 7.58. The van der Waals surface area contributed by atoms with Crippen LogP contribution in [0.3, 0.4) is 0 Å². The molecule has 0 aromatic carbocycles. The van der Waals surface area contributed by atoms with Gasteiger partial charge in [0, 0.05) is 17.5 Å². The van der Waals surface area contributed by atoms with Gasteiger partial charge in [-0.25, -0.2) is 0 Å². The molecule has 0 atom stereocenters. The summed E-state index contributed by atoms with van der Waals surface area (Å²) < 4.78 is 0.920. The molecule has 0 aliphatic carbocycles. The van der Waals surface area contributed by atoms with E-state index in [9.17, 15) is 4.79 Å². The topological polar surface area (TPSA) is 30.0 Å². The second-order valence-electron chi connectivity index (χ2n) is 3.26. The van der Waals surface area contributed by atoms with Crippen molar-refractivity contribution in [3.63, 3.8) is 0 Å². The van der Waals surface area contributed by atoms with E-state index in [1.807, 2.05) is 6.92 Å². The van der Waals surface area contributed by atoms with Gasteiger partial charge in [0.05, 0.1) is 9.90 Å². The van der Waals surface area contributed by atoms with E-state index in [0.29, 0.717) is 19.8 Å². The first kappa shape index (κ1) is 11.6. The predicted octanol–water partition coefficient (Wildman–Crippen LogP) is 3.99. The maximum Gasteiger partial charge on any atom is 0.196 e.